The smallest absolute Gasteiger partial charge is 0.365 e. The maximum absolute atomic E-state index is 12.3. The van der Waals surface area contributed by atoms with Gasteiger partial charge < -0.3 is 5.73 Å². The number of hydrogen-bond acceptors (Lipinski definition) is 5. The molecule has 1 aromatic heterocycles. The second kappa shape index (κ2) is 4.43. The molecule has 0 aliphatic rings. The summed E-state index contributed by atoms with van der Waals surface area (Å²) < 4.78 is 36.9. The average Bonchev–Trinajstić information content (AvgIpc) is 2.72. The lowest BCUT2D eigenvalue weighted by atomic mass is 10.1. The Morgan fingerprint density at radius 2 is 1.89 bits per heavy atom. The molecule has 0 fully saturated rings. The maximum atomic E-state index is 12.3. The molecule has 0 atom stereocenters. The molecule has 0 spiro atoms. The predicted octanol–water partition coefficient (Wildman–Crippen LogP) is 1.16. The van der Waals surface area contributed by atoms with Gasteiger partial charge in [-0.2, -0.15) is 18.3 Å². The van der Waals surface area contributed by atoms with Gasteiger partial charge in [0.2, 0.25) is 0 Å². The maximum Gasteiger partial charge on any atom is 0.416 e. The molecule has 0 aliphatic carbocycles. The van der Waals surface area contributed by atoms with Gasteiger partial charge in [0.25, 0.3) is 5.95 Å². The number of halogens is 3. The van der Waals surface area contributed by atoms with Crippen molar-refractivity contribution in [2.24, 2.45) is 5.10 Å². The van der Waals surface area contributed by atoms with Crippen molar-refractivity contribution in [2.75, 3.05) is 5.73 Å². The number of hydrogen-bond donors (Lipinski definition) is 1. The Labute approximate surface area is 98.9 Å². The van der Waals surface area contributed by atoms with Gasteiger partial charge in [-0.25, -0.2) is 0 Å². The van der Waals surface area contributed by atoms with Crippen LogP contribution in [0.4, 0.5) is 19.1 Å². The predicted molar refractivity (Wildman–Crippen MR) is 56.7 cm³/mol. The summed E-state index contributed by atoms with van der Waals surface area (Å²) in [6.45, 7) is 0. The van der Waals surface area contributed by atoms with Crippen molar-refractivity contribution in [1.29, 1.82) is 0 Å². The molecule has 0 saturated heterocycles. The standard InChI is InChI=1S/C9H7F3N6/c10-9(11,12)7-3-1-6(2-4-7)5-14-18-8(13)15-16-17-18/h1-5H,(H2,13,15,17)/b14-5+. The van der Waals surface area contributed by atoms with Crippen molar-refractivity contribution < 1.29 is 13.2 Å². The highest BCUT2D eigenvalue weighted by molar-refractivity contribution is 5.79. The third kappa shape index (κ3) is 2.62. The highest BCUT2D eigenvalue weighted by Gasteiger charge is 2.29. The van der Waals surface area contributed by atoms with Crippen molar-refractivity contribution >= 4 is 12.2 Å². The minimum absolute atomic E-state index is 0.0156. The van der Waals surface area contributed by atoms with Crippen molar-refractivity contribution in [3.63, 3.8) is 0 Å². The van der Waals surface area contributed by atoms with Crippen LogP contribution in [-0.2, 0) is 6.18 Å². The zero-order valence-corrected chi connectivity index (χ0v) is 8.83. The van der Waals surface area contributed by atoms with E-state index in [-0.39, 0.29) is 5.95 Å². The van der Waals surface area contributed by atoms with E-state index in [9.17, 15) is 13.2 Å². The second-order valence-corrected chi connectivity index (χ2v) is 3.29. The quantitative estimate of drug-likeness (QED) is 0.817. The Kier molecular flexibility index (Phi) is 2.96. The Hall–Kier alpha value is -2.45. The van der Waals surface area contributed by atoms with E-state index in [0.29, 0.717) is 5.56 Å². The van der Waals surface area contributed by atoms with Crippen LogP contribution >= 0.6 is 0 Å². The SMILES string of the molecule is Nc1nnnn1/N=C/c1ccc(C(F)(F)F)cc1. The summed E-state index contributed by atoms with van der Waals surface area (Å²) in [4.78, 5) is 0.956. The summed E-state index contributed by atoms with van der Waals surface area (Å²) in [5.74, 6) is -0.0156. The first kappa shape index (κ1) is 12.0. The number of benzene rings is 1. The minimum atomic E-state index is -4.35. The fraction of sp³-hybridized carbons (Fsp3) is 0.111. The molecule has 0 saturated carbocycles. The van der Waals surface area contributed by atoms with Crippen molar-refractivity contribution in [3.8, 4) is 0 Å². The van der Waals surface area contributed by atoms with Crippen molar-refractivity contribution in [3.05, 3.63) is 35.4 Å². The number of anilines is 1. The number of nitrogens with two attached hydrogens (primary N) is 1. The fourth-order valence-corrected chi connectivity index (χ4v) is 1.15. The molecule has 1 heterocycles. The molecule has 18 heavy (non-hydrogen) atoms. The topological polar surface area (TPSA) is 82.0 Å². The van der Waals surface area contributed by atoms with Crippen LogP contribution in [0.15, 0.2) is 29.4 Å². The van der Waals surface area contributed by atoms with Gasteiger partial charge in [0.05, 0.1) is 11.8 Å². The van der Waals surface area contributed by atoms with Gasteiger partial charge >= 0.3 is 6.18 Å². The molecule has 0 aliphatic heterocycles. The Morgan fingerprint density at radius 3 is 2.39 bits per heavy atom. The molecule has 2 rings (SSSR count). The summed E-state index contributed by atoms with van der Waals surface area (Å²) in [7, 11) is 0. The van der Waals surface area contributed by atoms with Gasteiger partial charge in [-0.15, -0.1) is 0 Å². The van der Waals surface area contributed by atoms with Crippen LogP contribution in [0.3, 0.4) is 0 Å². The van der Waals surface area contributed by atoms with E-state index in [1.54, 1.807) is 0 Å². The van der Waals surface area contributed by atoms with Gasteiger partial charge in [-0.1, -0.05) is 22.0 Å². The number of nitrogen functional groups attached to an aromatic ring is 1. The number of aromatic nitrogens is 4. The number of tetrazole rings is 1. The lowest BCUT2D eigenvalue weighted by Crippen LogP contribution is -2.04. The molecule has 2 aromatic rings. The molecule has 2 N–H and O–H groups in total. The van der Waals surface area contributed by atoms with E-state index in [4.69, 9.17) is 5.73 Å². The molecule has 0 radical (unpaired) electrons. The highest BCUT2D eigenvalue weighted by atomic mass is 19.4. The molecular formula is C9H7F3N6. The van der Waals surface area contributed by atoms with Crippen LogP contribution in [0, 0.1) is 0 Å². The Balaban J connectivity index is 2.16. The molecule has 0 amide bonds. The van der Waals surface area contributed by atoms with Gasteiger partial charge in [-0.3, -0.25) is 0 Å². The van der Waals surface area contributed by atoms with Gasteiger partial charge in [0.1, 0.15) is 0 Å². The van der Waals surface area contributed by atoms with Gasteiger partial charge in [0, 0.05) is 0 Å². The van der Waals surface area contributed by atoms with Crippen LogP contribution in [0.5, 0.6) is 0 Å². The Morgan fingerprint density at radius 1 is 1.22 bits per heavy atom. The second-order valence-electron chi connectivity index (χ2n) is 3.29. The largest absolute Gasteiger partial charge is 0.416 e. The molecule has 9 heteroatoms. The summed E-state index contributed by atoms with van der Waals surface area (Å²) in [5, 5.41) is 13.9. The molecule has 0 bridgehead atoms. The van der Waals surface area contributed by atoms with Crippen LogP contribution in [-0.4, -0.2) is 26.5 Å². The molecular weight excluding hydrogens is 249 g/mol. The number of nitrogens with zero attached hydrogens (tertiary/aromatic N) is 5. The van der Waals surface area contributed by atoms with Crippen molar-refractivity contribution in [2.45, 2.75) is 6.18 Å². The first-order valence-electron chi connectivity index (χ1n) is 4.72. The monoisotopic (exact) mass is 256 g/mol. The molecule has 6 nitrogen and oxygen atoms in total. The molecule has 0 unspecified atom stereocenters. The van der Waals surface area contributed by atoms with E-state index in [1.165, 1.54) is 18.3 Å². The summed E-state index contributed by atoms with van der Waals surface area (Å²) in [6.07, 6.45) is -3.05. The summed E-state index contributed by atoms with van der Waals surface area (Å²) in [6, 6.07) is 4.49. The first-order chi connectivity index (χ1) is 8.47. The lowest BCUT2D eigenvalue weighted by Gasteiger charge is -2.05. The fourth-order valence-electron chi connectivity index (χ4n) is 1.15. The highest BCUT2D eigenvalue weighted by Crippen LogP contribution is 2.28. The first-order valence-corrected chi connectivity index (χ1v) is 4.72. The summed E-state index contributed by atoms with van der Waals surface area (Å²) in [5.41, 5.74) is 5.10. The van der Waals surface area contributed by atoms with Gasteiger partial charge in [-0.05, 0) is 28.1 Å². The molecule has 94 valence electrons. The third-order valence-electron chi connectivity index (χ3n) is 2.03. The lowest BCUT2D eigenvalue weighted by molar-refractivity contribution is -0.137. The zero-order valence-electron chi connectivity index (χ0n) is 8.83. The van der Waals surface area contributed by atoms with Crippen LogP contribution in [0.1, 0.15) is 11.1 Å². The van der Waals surface area contributed by atoms with Crippen LogP contribution < -0.4 is 5.73 Å². The minimum Gasteiger partial charge on any atom is -0.365 e. The van der Waals surface area contributed by atoms with Crippen molar-refractivity contribution in [1.82, 2.24) is 20.3 Å². The number of rotatable bonds is 2. The van der Waals surface area contributed by atoms with Gasteiger partial charge in [0.15, 0.2) is 0 Å². The third-order valence-corrected chi connectivity index (χ3v) is 2.03. The van der Waals surface area contributed by atoms with E-state index in [1.807, 2.05) is 0 Å². The van der Waals surface area contributed by atoms with E-state index < -0.39 is 11.7 Å². The summed E-state index contributed by atoms with van der Waals surface area (Å²) >= 11 is 0. The normalized spacial score (nSPS) is 12.2. The van der Waals surface area contributed by atoms with E-state index in [0.717, 1.165) is 16.9 Å². The Bertz CT molecular complexity index is 556. The zero-order chi connectivity index (χ0) is 13.2. The van der Waals surface area contributed by atoms with Crippen LogP contribution in [0.2, 0.25) is 0 Å². The van der Waals surface area contributed by atoms with E-state index >= 15 is 0 Å². The van der Waals surface area contributed by atoms with E-state index in [2.05, 4.69) is 20.6 Å². The number of alkyl halides is 3. The average molecular weight is 256 g/mol. The molecule has 1 aromatic carbocycles. The van der Waals surface area contributed by atoms with Crippen LogP contribution in [0.25, 0.3) is 0 Å².